The number of benzene rings is 1. The molecule has 0 fully saturated rings. The van der Waals surface area contributed by atoms with Gasteiger partial charge < -0.3 is 4.84 Å². The summed E-state index contributed by atoms with van der Waals surface area (Å²) in [6.07, 6.45) is 2.71. The molecule has 0 atom stereocenters. The van der Waals surface area contributed by atoms with Gasteiger partial charge in [0, 0.05) is 7.05 Å². The normalized spacial score (nSPS) is 8.71. The van der Waals surface area contributed by atoms with Crippen LogP contribution in [0.4, 0.5) is 0 Å². The molecule has 78 valence electrons. The van der Waals surface area contributed by atoms with E-state index in [9.17, 15) is 0 Å². The predicted molar refractivity (Wildman–Crippen MR) is 61.0 cm³/mol. The topological polar surface area (TPSA) is 21.3 Å². The van der Waals surface area contributed by atoms with E-state index in [1.54, 1.807) is 13.1 Å². The Hall–Kier alpha value is -1.12. The van der Waals surface area contributed by atoms with Crippen LogP contribution < -0.4 is 5.48 Å². The summed E-state index contributed by atoms with van der Waals surface area (Å²) in [4.78, 5) is 4.99. The van der Waals surface area contributed by atoms with Gasteiger partial charge in [-0.3, -0.25) is 0 Å². The molecule has 1 aromatic carbocycles. The molecule has 0 heterocycles. The summed E-state index contributed by atoms with van der Waals surface area (Å²) in [5.74, 6) is 0. The van der Waals surface area contributed by atoms with E-state index < -0.39 is 0 Å². The number of hydrogen-bond donors (Lipinski definition) is 1. The molecule has 0 radical (unpaired) electrons. The lowest BCUT2D eigenvalue weighted by molar-refractivity contribution is 0.0604. The van der Waals surface area contributed by atoms with Gasteiger partial charge >= 0.3 is 0 Å². The minimum absolute atomic E-state index is 0.723. The minimum atomic E-state index is 0.723. The van der Waals surface area contributed by atoms with Crippen molar-refractivity contribution in [1.82, 2.24) is 5.48 Å². The summed E-state index contributed by atoms with van der Waals surface area (Å²) < 4.78 is 0. The maximum atomic E-state index is 4.99. The first-order valence-electron chi connectivity index (χ1n) is 4.74. The number of nitrogens with one attached hydrogen (secondary N) is 1. The van der Waals surface area contributed by atoms with Gasteiger partial charge in [0.05, 0.1) is 6.61 Å². The smallest absolute Gasteiger partial charge is 0.0722 e. The summed E-state index contributed by atoms with van der Waals surface area (Å²) >= 11 is 0. The second-order valence-corrected chi connectivity index (χ2v) is 2.70. The van der Waals surface area contributed by atoms with E-state index >= 15 is 0 Å². The fourth-order valence-corrected chi connectivity index (χ4v) is 0.916. The molecule has 2 nitrogen and oxygen atoms in total. The Morgan fingerprint density at radius 3 is 2.43 bits per heavy atom. The summed E-state index contributed by atoms with van der Waals surface area (Å²) in [5, 5.41) is 0. The number of hydroxylamine groups is 1. The fraction of sp³-hybridized carbons (Fsp3) is 0.333. The largest absolute Gasteiger partial charge is 0.302 e. The van der Waals surface area contributed by atoms with Crippen LogP contribution in [0.2, 0.25) is 0 Å². The Balaban J connectivity index is 0.000000500. The Kier molecular flexibility index (Phi) is 9.17. The van der Waals surface area contributed by atoms with Gasteiger partial charge in [-0.1, -0.05) is 36.4 Å². The molecule has 0 spiro atoms. The lowest BCUT2D eigenvalue weighted by atomic mass is 10.2. The van der Waals surface area contributed by atoms with Crippen molar-refractivity contribution in [2.45, 2.75) is 13.3 Å². The van der Waals surface area contributed by atoms with Crippen molar-refractivity contribution >= 4 is 0 Å². The second-order valence-electron chi connectivity index (χ2n) is 2.70. The Morgan fingerprint density at radius 2 is 1.93 bits per heavy atom. The molecule has 0 aliphatic heterocycles. The SMILES string of the molecule is C=CC.CNOCCc1ccccc1. The molecule has 1 rings (SSSR count). The number of hydrogen-bond acceptors (Lipinski definition) is 2. The minimum Gasteiger partial charge on any atom is -0.302 e. The second kappa shape index (κ2) is 9.96. The van der Waals surface area contributed by atoms with Crippen molar-refractivity contribution in [2.24, 2.45) is 0 Å². The molecule has 14 heavy (non-hydrogen) atoms. The molecule has 2 heteroatoms. The van der Waals surface area contributed by atoms with Crippen molar-refractivity contribution in [3.63, 3.8) is 0 Å². The Labute approximate surface area is 86.6 Å². The van der Waals surface area contributed by atoms with Gasteiger partial charge in [-0.2, -0.15) is 0 Å². The van der Waals surface area contributed by atoms with E-state index in [-0.39, 0.29) is 0 Å². The molecule has 0 bridgehead atoms. The molecule has 0 aromatic heterocycles. The lowest BCUT2D eigenvalue weighted by Gasteiger charge is -2.00. The quantitative estimate of drug-likeness (QED) is 0.451. The molecule has 0 saturated heterocycles. The van der Waals surface area contributed by atoms with Gasteiger partial charge in [0.2, 0.25) is 0 Å². The zero-order chi connectivity index (χ0) is 10.6. The summed E-state index contributed by atoms with van der Waals surface area (Å²) in [6.45, 7) is 5.97. The van der Waals surface area contributed by atoms with Crippen molar-refractivity contribution in [2.75, 3.05) is 13.7 Å². The van der Waals surface area contributed by atoms with Crippen LogP contribution in [-0.4, -0.2) is 13.7 Å². The monoisotopic (exact) mass is 193 g/mol. The standard InChI is InChI=1S/C9H13NO.C3H6/c1-10-11-8-7-9-5-3-2-4-6-9;1-3-2/h2-6,10H,7-8H2,1H3;3H,1H2,2H3. The molecule has 0 saturated carbocycles. The molecule has 1 N–H and O–H groups in total. The molecule has 0 aliphatic rings. The van der Waals surface area contributed by atoms with E-state index in [4.69, 9.17) is 4.84 Å². The van der Waals surface area contributed by atoms with Crippen molar-refractivity contribution < 1.29 is 4.84 Å². The van der Waals surface area contributed by atoms with Crippen LogP contribution in [0.3, 0.4) is 0 Å². The Bertz CT molecular complexity index is 221. The van der Waals surface area contributed by atoms with Gasteiger partial charge in [-0.05, 0) is 18.9 Å². The van der Waals surface area contributed by atoms with Gasteiger partial charge in [0.1, 0.15) is 0 Å². The van der Waals surface area contributed by atoms with Crippen LogP contribution in [-0.2, 0) is 11.3 Å². The van der Waals surface area contributed by atoms with E-state index in [1.165, 1.54) is 5.56 Å². The van der Waals surface area contributed by atoms with Crippen molar-refractivity contribution in [1.29, 1.82) is 0 Å². The molecule has 0 unspecified atom stereocenters. The first kappa shape index (κ1) is 12.9. The van der Waals surface area contributed by atoms with E-state index in [0.29, 0.717) is 0 Å². The summed E-state index contributed by atoms with van der Waals surface area (Å²) in [7, 11) is 1.77. The zero-order valence-corrected chi connectivity index (χ0v) is 8.99. The maximum Gasteiger partial charge on any atom is 0.0722 e. The van der Waals surface area contributed by atoms with Crippen molar-refractivity contribution in [3.05, 3.63) is 48.6 Å². The molecular formula is C12H19NO. The first-order valence-corrected chi connectivity index (χ1v) is 4.74. The van der Waals surface area contributed by atoms with Gasteiger partial charge in [0.25, 0.3) is 0 Å². The third-order valence-corrected chi connectivity index (χ3v) is 1.48. The summed E-state index contributed by atoms with van der Waals surface area (Å²) in [6, 6.07) is 10.3. The average molecular weight is 193 g/mol. The van der Waals surface area contributed by atoms with Gasteiger partial charge in [-0.25, -0.2) is 5.48 Å². The highest BCUT2D eigenvalue weighted by Crippen LogP contribution is 1.98. The van der Waals surface area contributed by atoms with Crippen LogP contribution in [0.25, 0.3) is 0 Å². The van der Waals surface area contributed by atoms with Crippen LogP contribution in [0.15, 0.2) is 43.0 Å². The molecule has 0 amide bonds. The van der Waals surface area contributed by atoms with Crippen LogP contribution >= 0.6 is 0 Å². The first-order chi connectivity index (χ1) is 6.85. The van der Waals surface area contributed by atoms with Gasteiger partial charge in [0.15, 0.2) is 0 Å². The van der Waals surface area contributed by atoms with Gasteiger partial charge in [-0.15, -0.1) is 6.58 Å². The van der Waals surface area contributed by atoms with Crippen LogP contribution in [0, 0.1) is 0 Å². The van der Waals surface area contributed by atoms with E-state index in [0.717, 1.165) is 13.0 Å². The molecule has 0 aliphatic carbocycles. The highest BCUT2D eigenvalue weighted by molar-refractivity contribution is 5.14. The summed E-state index contributed by atoms with van der Waals surface area (Å²) in [5.41, 5.74) is 3.95. The zero-order valence-electron chi connectivity index (χ0n) is 8.99. The third-order valence-electron chi connectivity index (χ3n) is 1.48. The highest BCUT2D eigenvalue weighted by Gasteiger charge is 1.89. The van der Waals surface area contributed by atoms with Crippen molar-refractivity contribution in [3.8, 4) is 0 Å². The molecular weight excluding hydrogens is 174 g/mol. The maximum absolute atomic E-state index is 4.99. The number of allylic oxidation sites excluding steroid dienone is 1. The van der Waals surface area contributed by atoms with E-state index in [1.807, 2.05) is 25.1 Å². The van der Waals surface area contributed by atoms with Crippen LogP contribution in [0.5, 0.6) is 0 Å². The average Bonchev–Trinajstić information content (AvgIpc) is 2.21. The third kappa shape index (κ3) is 7.53. The molecule has 1 aromatic rings. The highest BCUT2D eigenvalue weighted by atomic mass is 16.6. The fourth-order valence-electron chi connectivity index (χ4n) is 0.916. The van der Waals surface area contributed by atoms with E-state index in [2.05, 4.69) is 24.2 Å². The predicted octanol–water partition coefficient (Wildman–Crippen LogP) is 2.57. The van der Waals surface area contributed by atoms with Crippen LogP contribution in [0.1, 0.15) is 12.5 Å². The number of rotatable bonds is 4. The lowest BCUT2D eigenvalue weighted by Crippen LogP contribution is -2.09. The Morgan fingerprint density at radius 1 is 1.36 bits per heavy atom.